The normalized spacial score (nSPS) is 10.3. The Bertz CT molecular complexity index is 136. The van der Waals surface area contributed by atoms with Crippen LogP contribution in [-0.4, -0.2) is 23.1 Å². The molecular weight excluding hydrogens is 174 g/mol. The molecule has 0 aromatic heterocycles. The van der Waals surface area contributed by atoms with E-state index < -0.39 is 24.5 Å². The van der Waals surface area contributed by atoms with E-state index in [1.807, 2.05) is 0 Å². The van der Waals surface area contributed by atoms with Crippen molar-refractivity contribution in [2.75, 3.05) is 0 Å². The molecule has 0 aliphatic rings. The minimum Gasteiger partial charge on any atom is -0.550 e. The number of carbonyl (C=O) groups excluding carboxylic acids is 2. The van der Waals surface area contributed by atoms with Crippen molar-refractivity contribution >= 4 is 11.9 Å². The second kappa shape index (κ2) is 8.99. The number of hydrogen-bond acceptors (Lipinski definition) is 5. The number of carbonyl (C=O) groups is 2. The molecule has 5 nitrogen and oxygen atoms in total. The fourth-order valence-corrected chi connectivity index (χ4v) is 0.241. The number of aliphatic hydroxyl groups is 1. The largest absolute Gasteiger partial charge is 1.00 e. The minimum atomic E-state index is -1.96. The van der Waals surface area contributed by atoms with E-state index in [4.69, 9.17) is 5.11 Å². The summed E-state index contributed by atoms with van der Waals surface area (Å²) in [4.78, 5) is 19.1. The van der Waals surface area contributed by atoms with Gasteiger partial charge >= 0.3 is 59.1 Å². The maximum absolute atomic E-state index is 9.58. The van der Waals surface area contributed by atoms with E-state index in [0.717, 1.165) is 0 Å². The first-order valence-corrected chi connectivity index (χ1v) is 2.13. The molecule has 0 saturated carbocycles. The standard InChI is InChI=1S/C4H6O5.2Na/c5-2(4(8)9)1-3(6)7;;/h2,5H,1H2,(H,6,7)(H,8,9);;/q;2*+1/p-2/t2-;;/m1../s1. The van der Waals surface area contributed by atoms with E-state index in [2.05, 4.69) is 0 Å². The van der Waals surface area contributed by atoms with Crippen molar-refractivity contribution in [3.8, 4) is 0 Å². The molecule has 0 unspecified atom stereocenters. The van der Waals surface area contributed by atoms with Gasteiger partial charge in [-0.05, 0) is 0 Å². The summed E-state index contributed by atoms with van der Waals surface area (Å²) < 4.78 is 0. The molecule has 0 aliphatic heterocycles. The summed E-state index contributed by atoms with van der Waals surface area (Å²) >= 11 is 0. The molecule has 0 radical (unpaired) electrons. The van der Waals surface area contributed by atoms with Gasteiger partial charge in [0.15, 0.2) is 0 Å². The predicted molar refractivity (Wildman–Crippen MR) is 20.6 cm³/mol. The number of hydrogen-bond donors (Lipinski definition) is 1. The van der Waals surface area contributed by atoms with Gasteiger partial charge < -0.3 is 24.9 Å². The van der Waals surface area contributed by atoms with Crippen LogP contribution in [0.1, 0.15) is 6.42 Å². The topological polar surface area (TPSA) is 100 Å². The fraction of sp³-hybridized carbons (Fsp3) is 0.500. The van der Waals surface area contributed by atoms with Crippen LogP contribution in [0.2, 0.25) is 0 Å². The smallest absolute Gasteiger partial charge is 0.550 e. The van der Waals surface area contributed by atoms with Crippen molar-refractivity contribution in [3.05, 3.63) is 0 Å². The molecule has 1 N–H and O–H groups in total. The van der Waals surface area contributed by atoms with Gasteiger partial charge in [-0.15, -0.1) is 0 Å². The van der Waals surface area contributed by atoms with Crippen molar-refractivity contribution in [2.24, 2.45) is 0 Å². The van der Waals surface area contributed by atoms with Crippen molar-refractivity contribution in [1.29, 1.82) is 0 Å². The van der Waals surface area contributed by atoms with E-state index in [1.165, 1.54) is 0 Å². The quantitative estimate of drug-likeness (QED) is 0.432. The van der Waals surface area contributed by atoms with Crippen LogP contribution in [0.3, 0.4) is 0 Å². The maximum atomic E-state index is 9.58. The summed E-state index contributed by atoms with van der Waals surface area (Å²) in [7, 11) is 0. The van der Waals surface area contributed by atoms with Gasteiger partial charge in [0.1, 0.15) is 0 Å². The van der Waals surface area contributed by atoms with Crippen LogP contribution in [0.4, 0.5) is 0 Å². The zero-order valence-electron chi connectivity index (χ0n) is 6.36. The third-order valence-corrected chi connectivity index (χ3v) is 0.632. The van der Waals surface area contributed by atoms with Crippen LogP contribution in [-0.2, 0) is 9.59 Å². The number of carboxylic acids is 2. The van der Waals surface area contributed by atoms with Crippen LogP contribution in [0.5, 0.6) is 0 Å². The second-order valence-corrected chi connectivity index (χ2v) is 1.41. The zero-order valence-corrected chi connectivity index (χ0v) is 10.4. The van der Waals surface area contributed by atoms with Crippen molar-refractivity contribution in [1.82, 2.24) is 0 Å². The van der Waals surface area contributed by atoms with Crippen molar-refractivity contribution in [3.63, 3.8) is 0 Å². The maximum Gasteiger partial charge on any atom is 1.00 e. The minimum absolute atomic E-state index is 0. The molecule has 1 atom stereocenters. The summed E-state index contributed by atoms with van der Waals surface area (Å²) in [5, 5.41) is 27.3. The van der Waals surface area contributed by atoms with Crippen LogP contribution in [0.15, 0.2) is 0 Å². The predicted octanol–water partition coefficient (Wildman–Crippen LogP) is -9.75. The summed E-state index contributed by atoms with van der Waals surface area (Å²) in [6.45, 7) is 0. The zero-order chi connectivity index (χ0) is 7.44. The first-order valence-electron chi connectivity index (χ1n) is 2.13. The van der Waals surface area contributed by atoms with Crippen LogP contribution >= 0.6 is 0 Å². The van der Waals surface area contributed by atoms with Gasteiger partial charge in [-0.1, -0.05) is 0 Å². The van der Waals surface area contributed by atoms with Gasteiger partial charge in [-0.3, -0.25) is 0 Å². The van der Waals surface area contributed by atoms with E-state index in [1.54, 1.807) is 0 Å². The Balaban J connectivity index is -0.000000320. The average molecular weight is 178 g/mol. The van der Waals surface area contributed by atoms with Crippen LogP contribution in [0.25, 0.3) is 0 Å². The summed E-state index contributed by atoms with van der Waals surface area (Å²) in [5.74, 6) is -3.43. The number of aliphatic carboxylic acids is 2. The molecule has 52 valence electrons. The molecule has 0 rings (SSSR count). The summed E-state index contributed by atoms with van der Waals surface area (Å²) in [6, 6.07) is 0. The molecule has 0 heterocycles. The fourth-order valence-electron chi connectivity index (χ4n) is 0.241. The van der Waals surface area contributed by atoms with Crippen molar-refractivity contribution in [2.45, 2.75) is 12.5 Å². The number of aliphatic hydroxyl groups excluding tert-OH is 1. The van der Waals surface area contributed by atoms with Gasteiger partial charge in [-0.25, -0.2) is 0 Å². The molecule has 11 heavy (non-hydrogen) atoms. The van der Waals surface area contributed by atoms with Gasteiger partial charge in [0.25, 0.3) is 0 Å². The number of carboxylic acid groups (broad SMARTS) is 2. The molecule has 7 heteroatoms. The van der Waals surface area contributed by atoms with Crippen molar-refractivity contribution < 1.29 is 84.0 Å². The molecule has 0 fully saturated rings. The molecule has 0 aromatic rings. The molecule has 0 spiro atoms. The van der Waals surface area contributed by atoms with Gasteiger partial charge in [0.2, 0.25) is 0 Å². The van der Waals surface area contributed by atoms with E-state index in [-0.39, 0.29) is 59.1 Å². The Morgan fingerprint density at radius 1 is 1.27 bits per heavy atom. The number of rotatable bonds is 3. The Morgan fingerprint density at radius 2 is 1.64 bits per heavy atom. The van der Waals surface area contributed by atoms with E-state index in [0.29, 0.717) is 0 Å². The third-order valence-electron chi connectivity index (χ3n) is 0.632. The molecular formula is C4H4Na2O5. The Kier molecular flexibility index (Phi) is 14.6. The average Bonchev–Trinajstić information content (AvgIpc) is 1.63. The summed E-state index contributed by atoms with van der Waals surface area (Å²) in [5.41, 5.74) is 0. The van der Waals surface area contributed by atoms with Gasteiger partial charge in [0.05, 0.1) is 12.1 Å². The van der Waals surface area contributed by atoms with Crippen LogP contribution < -0.4 is 69.3 Å². The first-order chi connectivity index (χ1) is 4.04. The van der Waals surface area contributed by atoms with E-state index >= 15 is 0 Å². The molecule has 0 bridgehead atoms. The molecule has 0 aliphatic carbocycles. The Hall–Kier alpha value is 0.900. The monoisotopic (exact) mass is 178 g/mol. The van der Waals surface area contributed by atoms with Gasteiger partial charge in [-0.2, -0.15) is 0 Å². The van der Waals surface area contributed by atoms with Crippen LogP contribution in [0, 0.1) is 0 Å². The second-order valence-electron chi connectivity index (χ2n) is 1.41. The molecule has 0 aromatic carbocycles. The summed E-state index contributed by atoms with van der Waals surface area (Å²) in [6.07, 6.45) is -2.89. The molecule has 0 saturated heterocycles. The SMILES string of the molecule is O=C([O-])C[C@@H](O)C(=O)[O-].[Na+].[Na+]. The molecule has 0 amide bonds. The Labute approximate surface area is 107 Å². The third kappa shape index (κ3) is 10.9. The Morgan fingerprint density at radius 3 is 1.73 bits per heavy atom. The van der Waals surface area contributed by atoms with Gasteiger partial charge in [0, 0.05) is 12.4 Å². The first kappa shape index (κ1) is 17.8. The van der Waals surface area contributed by atoms with E-state index in [9.17, 15) is 19.8 Å².